The highest BCUT2D eigenvalue weighted by molar-refractivity contribution is 9.10. The molecule has 1 aliphatic rings. The van der Waals surface area contributed by atoms with Crippen LogP contribution in [0.25, 0.3) is 0 Å². The molecule has 0 aliphatic carbocycles. The Kier molecular flexibility index (Phi) is 4.82. The van der Waals surface area contributed by atoms with Crippen LogP contribution in [0.15, 0.2) is 44.4 Å². The molecule has 1 aromatic carbocycles. The normalized spacial score (nSPS) is 20.3. The number of nitrogens with zero attached hydrogens (tertiary/aromatic N) is 2. The number of nitrogens with one attached hydrogen (secondary N) is 1. The van der Waals surface area contributed by atoms with Crippen LogP contribution in [0.4, 0.5) is 0 Å². The minimum absolute atomic E-state index is 0.00797. The van der Waals surface area contributed by atoms with Gasteiger partial charge in [0.1, 0.15) is 6.04 Å². The molecule has 0 saturated heterocycles. The van der Waals surface area contributed by atoms with Gasteiger partial charge in [-0.3, -0.25) is 4.79 Å². The summed E-state index contributed by atoms with van der Waals surface area (Å²) >= 11 is 3.40. The molecule has 24 heavy (non-hydrogen) atoms. The van der Waals surface area contributed by atoms with Crippen molar-refractivity contribution >= 4 is 21.7 Å². The van der Waals surface area contributed by atoms with Gasteiger partial charge < -0.3 is 14.8 Å². The standard InChI is InChI=1S/C17H18BrN3O3/c1-9-14(16(23)11-4-3-5-12(18)8-11)10(2)19-15(9)17-21-20-13(24-17)6-7-22/h3-5,8-9,15,19,22H,6-7H2,1-2H3. The lowest BCUT2D eigenvalue weighted by Gasteiger charge is -2.14. The number of rotatable bonds is 5. The first-order chi connectivity index (χ1) is 11.5. The van der Waals surface area contributed by atoms with Gasteiger partial charge in [-0.25, -0.2) is 0 Å². The number of carbonyl (C=O) groups is 1. The topological polar surface area (TPSA) is 88.2 Å². The largest absolute Gasteiger partial charge is 0.423 e. The van der Waals surface area contributed by atoms with Crippen LogP contribution in [0.1, 0.15) is 42.0 Å². The van der Waals surface area contributed by atoms with Crippen LogP contribution >= 0.6 is 15.9 Å². The van der Waals surface area contributed by atoms with E-state index in [1.165, 1.54) is 0 Å². The van der Waals surface area contributed by atoms with Crippen LogP contribution in [0, 0.1) is 5.92 Å². The van der Waals surface area contributed by atoms with Crippen molar-refractivity contribution in [2.45, 2.75) is 26.3 Å². The predicted molar refractivity (Wildman–Crippen MR) is 91.3 cm³/mol. The van der Waals surface area contributed by atoms with Crippen molar-refractivity contribution in [1.29, 1.82) is 0 Å². The third kappa shape index (κ3) is 3.14. The third-order valence-corrected chi connectivity index (χ3v) is 4.63. The number of carbonyl (C=O) groups excluding carboxylic acids is 1. The molecule has 0 fully saturated rings. The van der Waals surface area contributed by atoms with E-state index in [1.807, 2.05) is 32.0 Å². The molecule has 2 atom stereocenters. The smallest absolute Gasteiger partial charge is 0.239 e. The second-order valence-corrected chi connectivity index (χ2v) is 6.71. The molecule has 6 nitrogen and oxygen atoms in total. The van der Waals surface area contributed by atoms with Crippen molar-refractivity contribution in [3.63, 3.8) is 0 Å². The Labute approximate surface area is 148 Å². The fourth-order valence-corrected chi connectivity index (χ4v) is 3.37. The summed E-state index contributed by atoms with van der Waals surface area (Å²) in [5, 5.41) is 20.2. The number of hydrogen-bond acceptors (Lipinski definition) is 6. The SMILES string of the molecule is CC1=C(C(=O)c2cccc(Br)c2)C(C)C(c2nnc(CCO)o2)N1. The van der Waals surface area contributed by atoms with Crippen molar-refractivity contribution in [2.75, 3.05) is 6.61 Å². The number of aromatic nitrogens is 2. The third-order valence-electron chi connectivity index (χ3n) is 4.14. The number of benzene rings is 1. The second-order valence-electron chi connectivity index (χ2n) is 5.80. The van der Waals surface area contributed by atoms with E-state index in [0.29, 0.717) is 23.8 Å². The predicted octanol–water partition coefficient (Wildman–Crippen LogP) is 2.80. The average Bonchev–Trinajstić information content (AvgIpc) is 3.12. The summed E-state index contributed by atoms with van der Waals surface area (Å²) in [5.41, 5.74) is 2.18. The van der Waals surface area contributed by atoms with Gasteiger partial charge >= 0.3 is 0 Å². The van der Waals surface area contributed by atoms with Gasteiger partial charge in [-0.2, -0.15) is 0 Å². The minimum Gasteiger partial charge on any atom is -0.423 e. The van der Waals surface area contributed by atoms with Crippen molar-refractivity contribution < 1.29 is 14.3 Å². The van der Waals surface area contributed by atoms with Crippen molar-refractivity contribution in [1.82, 2.24) is 15.5 Å². The molecule has 3 rings (SSSR count). The molecule has 0 radical (unpaired) electrons. The van der Waals surface area contributed by atoms with Crippen LogP contribution in [0.2, 0.25) is 0 Å². The van der Waals surface area contributed by atoms with E-state index in [1.54, 1.807) is 6.07 Å². The van der Waals surface area contributed by atoms with Crippen LogP contribution in [-0.2, 0) is 6.42 Å². The van der Waals surface area contributed by atoms with Gasteiger partial charge in [0, 0.05) is 33.6 Å². The van der Waals surface area contributed by atoms with Gasteiger partial charge in [-0.15, -0.1) is 10.2 Å². The molecule has 0 saturated carbocycles. The summed E-state index contributed by atoms with van der Waals surface area (Å²) in [4.78, 5) is 12.9. The lowest BCUT2D eigenvalue weighted by molar-refractivity contribution is 0.102. The second kappa shape index (κ2) is 6.86. The number of halogens is 1. The van der Waals surface area contributed by atoms with Gasteiger partial charge in [0.15, 0.2) is 5.78 Å². The summed E-state index contributed by atoms with van der Waals surface area (Å²) in [6, 6.07) is 7.11. The van der Waals surface area contributed by atoms with Crippen LogP contribution in [0.5, 0.6) is 0 Å². The summed E-state index contributed by atoms with van der Waals surface area (Å²) in [7, 11) is 0. The number of aliphatic hydroxyl groups excluding tert-OH is 1. The molecule has 2 unspecified atom stereocenters. The Morgan fingerprint density at radius 1 is 1.42 bits per heavy atom. The molecule has 2 heterocycles. The fourth-order valence-electron chi connectivity index (χ4n) is 2.97. The zero-order chi connectivity index (χ0) is 17.3. The Morgan fingerprint density at radius 2 is 2.21 bits per heavy atom. The molecular weight excluding hydrogens is 374 g/mol. The Morgan fingerprint density at radius 3 is 2.92 bits per heavy atom. The van der Waals surface area contributed by atoms with E-state index < -0.39 is 0 Å². The highest BCUT2D eigenvalue weighted by Gasteiger charge is 2.37. The van der Waals surface area contributed by atoms with Gasteiger partial charge in [-0.05, 0) is 19.1 Å². The average molecular weight is 392 g/mol. The summed E-state index contributed by atoms with van der Waals surface area (Å²) in [6.45, 7) is 3.81. The number of allylic oxidation sites excluding steroid dienone is 1. The molecule has 2 aromatic rings. The maximum Gasteiger partial charge on any atom is 0.239 e. The van der Waals surface area contributed by atoms with Crippen molar-refractivity contribution in [3.05, 3.63) is 57.4 Å². The Balaban J connectivity index is 1.84. The Bertz CT molecular complexity index is 800. The highest BCUT2D eigenvalue weighted by atomic mass is 79.9. The molecule has 2 N–H and O–H groups in total. The van der Waals surface area contributed by atoms with E-state index in [4.69, 9.17) is 9.52 Å². The van der Waals surface area contributed by atoms with Crippen LogP contribution in [0.3, 0.4) is 0 Å². The highest BCUT2D eigenvalue weighted by Crippen LogP contribution is 2.37. The van der Waals surface area contributed by atoms with Crippen LogP contribution in [-0.4, -0.2) is 27.7 Å². The first-order valence-corrected chi connectivity index (χ1v) is 8.51. The lowest BCUT2D eigenvalue weighted by atomic mass is 9.90. The maximum absolute atomic E-state index is 12.9. The first kappa shape index (κ1) is 16.9. The summed E-state index contributed by atoms with van der Waals surface area (Å²) < 4.78 is 6.46. The molecule has 0 spiro atoms. The Hall–Kier alpha value is -1.99. The van der Waals surface area contributed by atoms with E-state index in [0.717, 1.165) is 15.7 Å². The van der Waals surface area contributed by atoms with Crippen molar-refractivity contribution in [3.8, 4) is 0 Å². The zero-order valence-electron chi connectivity index (χ0n) is 13.4. The molecule has 1 aromatic heterocycles. The van der Waals surface area contributed by atoms with E-state index in [-0.39, 0.29) is 24.3 Å². The van der Waals surface area contributed by atoms with Gasteiger partial charge in [0.2, 0.25) is 11.8 Å². The zero-order valence-corrected chi connectivity index (χ0v) is 15.0. The van der Waals surface area contributed by atoms with Crippen LogP contribution < -0.4 is 5.32 Å². The lowest BCUT2D eigenvalue weighted by Crippen LogP contribution is -2.19. The number of Topliss-reactive ketones (excluding diaryl/α,β-unsaturated/α-hetero) is 1. The van der Waals surface area contributed by atoms with Gasteiger partial charge in [-0.1, -0.05) is 35.0 Å². The first-order valence-electron chi connectivity index (χ1n) is 7.72. The fraction of sp³-hybridized carbons (Fsp3) is 0.353. The monoisotopic (exact) mass is 391 g/mol. The van der Waals surface area contributed by atoms with Crippen molar-refractivity contribution in [2.24, 2.45) is 5.92 Å². The molecule has 1 aliphatic heterocycles. The molecule has 126 valence electrons. The summed E-state index contributed by atoms with van der Waals surface area (Å²) in [6.07, 6.45) is 0.324. The minimum atomic E-state index is -0.240. The molecule has 7 heteroatoms. The molecular formula is C17H18BrN3O3. The number of ketones is 1. The van der Waals surface area contributed by atoms with Gasteiger partial charge in [0.25, 0.3) is 0 Å². The molecule has 0 amide bonds. The maximum atomic E-state index is 12.9. The van der Waals surface area contributed by atoms with E-state index in [2.05, 4.69) is 31.4 Å². The van der Waals surface area contributed by atoms with E-state index >= 15 is 0 Å². The number of aliphatic hydroxyl groups is 1. The molecule has 0 bridgehead atoms. The summed E-state index contributed by atoms with van der Waals surface area (Å²) in [5.74, 6) is 0.721. The van der Waals surface area contributed by atoms with E-state index in [9.17, 15) is 4.79 Å². The number of hydrogen-bond donors (Lipinski definition) is 2. The quantitative estimate of drug-likeness (QED) is 0.761. The van der Waals surface area contributed by atoms with Gasteiger partial charge in [0.05, 0.1) is 6.61 Å².